The summed E-state index contributed by atoms with van der Waals surface area (Å²) in [7, 11) is -3.13. The second-order valence-corrected chi connectivity index (χ2v) is 6.02. The standard InChI is InChI=1S/C8H13N3O4S.HNO3/c1-3-16(14,15)5-4-10-7(2)9-6-8(10)11(12)13;2-1(3)4/h6H,3-5H2,1-2H3;(H,2,3,4). The zero-order valence-corrected chi connectivity index (χ0v) is 11.6. The van der Waals surface area contributed by atoms with Crippen molar-refractivity contribution in [2.45, 2.75) is 20.4 Å². The maximum absolute atomic E-state index is 11.3. The van der Waals surface area contributed by atoms with Crippen molar-refractivity contribution in [3.63, 3.8) is 0 Å². The summed E-state index contributed by atoms with van der Waals surface area (Å²) >= 11 is 0. The van der Waals surface area contributed by atoms with Gasteiger partial charge in [-0.15, -0.1) is 10.1 Å². The highest BCUT2D eigenvalue weighted by Crippen LogP contribution is 2.13. The third-order valence-electron chi connectivity index (χ3n) is 2.29. The van der Waals surface area contributed by atoms with E-state index in [-0.39, 0.29) is 23.9 Å². The number of sulfone groups is 1. The molecule has 0 unspecified atom stereocenters. The monoisotopic (exact) mass is 310 g/mol. The predicted molar refractivity (Wildman–Crippen MR) is 66.7 cm³/mol. The molecule has 0 bridgehead atoms. The summed E-state index contributed by atoms with van der Waals surface area (Å²) in [5, 5.41) is 24.3. The fraction of sp³-hybridized carbons (Fsp3) is 0.625. The molecule has 0 fully saturated rings. The van der Waals surface area contributed by atoms with Gasteiger partial charge in [0.15, 0.2) is 15.7 Å². The first kappa shape index (κ1) is 17.8. The lowest BCUT2D eigenvalue weighted by atomic mass is 10.6. The maximum Gasteiger partial charge on any atom is 0.342 e. The average Bonchev–Trinajstić information content (AvgIpc) is 2.67. The van der Waals surface area contributed by atoms with Gasteiger partial charge in [0.1, 0.15) is 12.7 Å². The number of nitro groups is 1. The van der Waals surface area contributed by atoms with Gasteiger partial charge in [0.2, 0.25) is 0 Å². The molecule has 0 spiro atoms. The molecule has 1 heterocycles. The maximum atomic E-state index is 11.3. The Morgan fingerprint density at radius 3 is 2.30 bits per heavy atom. The van der Waals surface area contributed by atoms with E-state index in [2.05, 4.69) is 4.98 Å². The molecule has 0 saturated carbocycles. The third kappa shape index (κ3) is 6.08. The van der Waals surface area contributed by atoms with Crippen LogP contribution < -0.4 is 0 Å². The Kier molecular flexibility index (Phi) is 6.55. The highest BCUT2D eigenvalue weighted by Gasteiger charge is 2.19. The molecule has 0 radical (unpaired) electrons. The van der Waals surface area contributed by atoms with Gasteiger partial charge in [0.05, 0.1) is 5.75 Å². The lowest BCUT2D eigenvalue weighted by Gasteiger charge is -2.02. The minimum absolute atomic E-state index is 0.0363. The summed E-state index contributed by atoms with van der Waals surface area (Å²) < 4.78 is 23.9. The molecule has 20 heavy (non-hydrogen) atoms. The van der Waals surface area contributed by atoms with Gasteiger partial charge < -0.3 is 15.3 Å². The molecule has 0 aromatic carbocycles. The smallest absolute Gasteiger partial charge is 0.342 e. The highest BCUT2D eigenvalue weighted by molar-refractivity contribution is 7.91. The van der Waals surface area contributed by atoms with Crippen LogP contribution in [0.15, 0.2) is 6.20 Å². The van der Waals surface area contributed by atoms with Crippen LogP contribution in [0.4, 0.5) is 5.82 Å². The summed E-state index contributed by atoms with van der Waals surface area (Å²) in [5.74, 6) is 0.192. The van der Waals surface area contributed by atoms with Crippen LogP contribution >= 0.6 is 0 Å². The van der Waals surface area contributed by atoms with E-state index >= 15 is 0 Å². The van der Waals surface area contributed by atoms with Crippen molar-refractivity contribution in [2.24, 2.45) is 0 Å². The minimum Gasteiger partial charge on any atom is -0.358 e. The van der Waals surface area contributed by atoms with Crippen LogP contribution in [0.25, 0.3) is 0 Å². The van der Waals surface area contributed by atoms with E-state index in [1.54, 1.807) is 13.8 Å². The van der Waals surface area contributed by atoms with Gasteiger partial charge in [-0.25, -0.2) is 18.0 Å². The Morgan fingerprint density at radius 1 is 1.40 bits per heavy atom. The predicted octanol–water partition coefficient (Wildman–Crippen LogP) is 0.187. The molecule has 1 N–H and O–H groups in total. The zero-order valence-electron chi connectivity index (χ0n) is 10.8. The Labute approximate surface area is 114 Å². The van der Waals surface area contributed by atoms with Crippen molar-refractivity contribution in [3.8, 4) is 0 Å². The molecule has 0 atom stereocenters. The van der Waals surface area contributed by atoms with E-state index < -0.39 is 19.8 Å². The molecule has 1 rings (SSSR count). The van der Waals surface area contributed by atoms with Gasteiger partial charge in [0.25, 0.3) is 5.09 Å². The normalized spacial score (nSPS) is 10.5. The number of imidazole rings is 1. The molecule has 0 aliphatic heterocycles. The van der Waals surface area contributed by atoms with E-state index in [9.17, 15) is 18.5 Å². The van der Waals surface area contributed by atoms with E-state index in [0.717, 1.165) is 6.20 Å². The molecule has 0 aliphatic carbocycles. The topological polar surface area (TPSA) is 158 Å². The van der Waals surface area contributed by atoms with Crippen LogP contribution in [-0.2, 0) is 16.4 Å². The molecule has 11 nitrogen and oxygen atoms in total. The molecule has 1 aromatic rings. The SMILES string of the molecule is CCS(=O)(=O)CCn1c([N+](=O)[O-])cnc1C.O=[N+]([O-])O. The minimum atomic E-state index is -3.13. The summed E-state index contributed by atoms with van der Waals surface area (Å²) in [6.07, 6.45) is 1.13. The van der Waals surface area contributed by atoms with Gasteiger partial charge in [-0.2, -0.15) is 0 Å². The molecular formula is C8H14N4O7S. The highest BCUT2D eigenvalue weighted by atomic mass is 32.2. The first-order valence-electron chi connectivity index (χ1n) is 5.31. The van der Waals surface area contributed by atoms with Gasteiger partial charge in [0, 0.05) is 12.7 Å². The average molecular weight is 310 g/mol. The number of aryl methyl sites for hydroxylation is 1. The van der Waals surface area contributed by atoms with E-state index in [4.69, 9.17) is 15.3 Å². The molecule has 12 heteroatoms. The Bertz CT molecular complexity index is 576. The number of rotatable bonds is 5. The van der Waals surface area contributed by atoms with Crippen molar-refractivity contribution in [2.75, 3.05) is 11.5 Å². The van der Waals surface area contributed by atoms with Crippen LogP contribution in [0.5, 0.6) is 0 Å². The van der Waals surface area contributed by atoms with Crippen molar-refractivity contribution in [1.29, 1.82) is 0 Å². The Balaban J connectivity index is 0.000000796. The summed E-state index contributed by atoms with van der Waals surface area (Å²) in [4.78, 5) is 22.2. The second-order valence-electron chi connectivity index (χ2n) is 3.55. The van der Waals surface area contributed by atoms with Crippen LogP contribution in [0.2, 0.25) is 0 Å². The second kappa shape index (κ2) is 7.37. The van der Waals surface area contributed by atoms with Crippen molar-refractivity contribution in [1.82, 2.24) is 9.55 Å². The van der Waals surface area contributed by atoms with Gasteiger partial charge in [-0.3, -0.25) is 0 Å². The first-order valence-corrected chi connectivity index (χ1v) is 7.13. The third-order valence-corrected chi connectivity index (χ3v) is 3.97. The Morgan fingerprint density at radius 2 is 1.90 bits per heavy atom. The van der Waals surface area contributed by atoms with E-state index in [1.165, 1.54) is 4.57 Å². The quantitative estimate of drug-likeness (QED) is 0.595. The van der Waals surface area contributed by atoms with Crippen molar-refractivity contribution >= 4 is 15.7 Å². The van der Waals surface area contributed by atoms with Crippen molar-refractivity contribution in [3.05, 3.63) is 32.2 Å². The number of hydrogen-bond donors (Lipinski definition) is 1. The van der Waals surface area contributed by atoms with Crippen molar-refractivity contribution < 1.29 is 23.6 Å². The molecule has 114 valence electrons. The van der Waals surface area contributed by atoms with Gasteiger partial charge in [-0.05, 0) is 4.92 Å². The lowest BCUT2D eigenvalue weighted by molar-refractivity contribution is -0.742. The van der Waals surface area contributed by atoms with Crippen LogP contribution in [0, 0.1) is 27.2 Å². The number of nitrogens with zero attached hydrogens (tertiary/aromatic N) is 4. The molecule has 0 saturated heterocycles. The summed E-state index contributed by atoms with van der Waals surface area (Å²) in [5.41, 5.74) is 0. The molecule has 0 amide bonds. The largest absolute Gasteiger partial charge is 0.358 e. The molecular weight excluding hydrogens is 296 g/mol. The van der Waals surface area contributed by atoms with Crippen LogP contribution in [0.3, 0.4) is 0 Å². The molecule has 0 aliphatic rings. The first-order chi connectivity index (χ1) is 9.10. The number of hydrogen-bond acceptors (Lipinski definition) is 7. The van der Waals surface area contributed by atoms with Gasteiger partial charge >= 0.3 is 5.82 Å². The number of aromatic nitrogens is 2. The van der Waals surface area contributed by atoms with E-state index in [0.29, 0.717) is 5.82 Å². The van der Waals surface area contributed by atoms with Crippen LogP contribution in [-0.4, -0.2) is 44.7 Å². The summed E-state index contributed by atoms with van der Waals surface area (Å²) in [6.45, 7) is 3.22. The Hall–Kier alpha value is -2.24. The van der Waals surface area contributed by atoms with E-state index in [1.807, 2.05) is 0 Å². The fourth-order valence-corrected chi connectivity index (χ4v) is 2.00. The lowest BCUT2D eigenvalue weighted by Crippen LogP contribution is -2.16. The van der Waals surface area contributed by atoms with Crippen LogP contribution in [0.1, 0.15) is 12.7 Å². The summed E-state index contributed by atoms with van der Waals surface area (Å²) in [6, 6.07) is 0. The zero-order chi connectivity index (χ0) is 15.9. The molecule has 1 aromatic heterocycles. The fourth-order valence-electron chi connectivity index (χ4n) is 1.25. The van der Waals surface area contributed by atoms with Gasteiger partial charge in [-0.1, -0.05) is 6.92 Å².